The number of benzene rings is 1. The number of hydrogen-bond acceptors (Lipinski definition) is 5. The van der Waals surface area contributed by atoms with Crippen molar-refractivity contribution in [2.75, 3.05) is 5.32 Å². The van der Waals surface area contributed by atoms with Crippen LogP contribution in [-0.2, 0) is 33.1 Å². The van der Waals surface area contributed by atoms with Crippen LogP contribution in [0.4, 0.5) is 5.69 Å². The van der Waals surface area contributed by atoms with Crippen LogP contribution in [0.2, 0.25) is 0 Å². The van der Waals surface area contributed by atoms with E-state index in [1.54, 1.807) is 31.3 Å². The molecule has 0 aliphatic rings. The topological polar surface area (TPSA) is 130 Å². The number of sulfonamides is 1. The summed E-state index contributed by atoms with van der Waals surface area (Å²) in [5.74, 6) is -1.64. The summed E-state index contributed by atoms with van der Waals surface area (Å²) in [6, 6.07) is 5.36. The first kappa shape index (κ1) is 18.6. The molecule has 1 unspecified atom stereocenters. The summed E-state index contributed by atoms with van der Waals surface area (Å²) < 4.78 is 28.0. The molecule has 0 saturated heterocycles. The fourth-order valence-electron chi connectivity index (χ4n) is 2.09. The second kappa shape index (κ2) is 7.45. The first-order valence-electron chi connectivity index (χ1n) is 7.30. The van der Waals surface area contributed by atoms with Gasteiger partial charge in [0.05, 0.1) is 18.7 Å². The number of amides is 1. The molecule has 1 amide bonds. The number of para-hydroxylation sites is 1. The van der Waals surface area contributed by atoms with E-state index in [1.165, 1.54) is 24.0 Å². The molecular formula is C15H18N4O5S. The van der Waals surface area contributed by atoms with Crippen molar-refractivity contribution in [3.8, 4) is 0 Å². The fourth-order valence-corrected chi connectivity index (χ4v) is 3.28. The van der Waals surface area contributed by atoms with Crippen molar-refractivity contribution < 1.29 is 23.1 Å². The number of carboxylic acids is 1. The number of aromatic nitrogens is 2. The third-order valence-corrected chi connectivity index (χ3v) is 4.83. The van der Waals surface area contributed by atoms with Crippen molar-refractivity contribution >= 4 is 27.6 Å². The first-order valence-corrected chi connectivity index (χ1v) is 8.79. The van der Waals surface area contributed by atoms with Crippen molar-refractivity contribution in [3.63, 3.8) is 0 Å². The van der Waals surface area contributed by atoms with Crippen LogP contribution in [0, 0.1) is 0 Å². The minimum atomic E-state index is -3.89. The normalized spacial score (nSPS) is 12.6. The van der Waals surface area contributed by atoms with Crippen LogP contribution in [0.3, 0.4) is 0 Å². The quantitative estimate of drug-likeness (QED) is 0.648. The molecule has 0 radical (unpaired) electrons. The van der Waals surface area contributed by atoms with Crippen molar-refractivity contribution in [2.24, 2.45) is 7.05 Å². The van der Waals surface area contributed by atoms with Crippen LogP contribution in [0.5, 0.6) is 0 Å². The Morgan fingerprint density at radius 1 is 1.32 bits per heavy atom. The largest absolute Gasteiger partial charge is 0.481 e. The molecule has 1 aromatic heterocycles. The highest BCUT2D eigenvalue weighted by Crippen LogP contribution is 2.16. The predicted molar refractivity (Wildman–Crippen MR) is 89.4 cm³/mol. The SMILES string of the molecule is CC(NS(=O)(=O)c1cnn(C)c1)C(=O)Nc1ccccc1CC(=O)O. The summed E-state index contributed by atoms with van der Waals surface area (Å²) in [7, 11) is -2.32. The van der Waals surface area contributed by atoms with E-state index < -0.39 is 27.9 Å². The van der Waals surface area contributed by atoms with Crippen LogP contribution >= 0.6 is 0 Å². The van der Waals surface area contributed by atoms with Gasteiger partial charge in [-0.25, -0.2) is 8.42 Å². The summed E-state index contributed by atoms with van der Waals surface area (Å²) in [4.78, 5) is 23.1. The fraction of sp³-hybridized carbons (Fsp3) is 0.267. The minimum absolute atomic E-state index is 0.0547. The number of nitrogens with zero attached hydrogens (tertiary/aromatic N) is 2. The van der Waals surface area contributed by atoms with E-state index in [9.17, 15) is 18.0 Å². The standard InChI is InChI=1S/C15H18N4O5S/c1-10(18-25(23,24)12-8-16-19(2)9-12)15(22)17-13-6-4-3-5-11(13)7-14(20)21/h3-6,8-10,18H,7H2,1-2H3,(H,17,22)(H,20,21). The van der Waals surface area contributed by atoms with Gasteiger partial charge in [0, 0.05) is 18.9 Å². The lowest BCUT2D eigenvalue weighted by molar-refractivity contribution is -0.136. The molecular weight excluding hydrogens is 348 g/mol. The summed E-state index contributed by atoms with van der Waals surface area (Å²) in [5.41, 5.74) is 0.744. The molecule has 0 bridgehead atoms. The number of carboxylic acid groups (broad SMARTS) is 1. The monoisotopic (exact) mass is 366 g/mol. The number of anilines is 1. The molecule has 0 fully saturated rings. The van der Waals surface area contributed by atoms with E-state index in [0.29, 0.717) is 11.3 Å². The van der Waals surface area contributed by atoms with Gasteiger partial charge in [-0.05, 0) is 18.6 Å². The van der Waals surface area contributed by atoms with Crippen molar-refractivity contribution in [1.82, 2.24) is 14.5 Å². The third-order valence-electron chi connectivity index (χ3n) is 3.33. The lowest BCUT2D eigenvalue weighted by atomic mass is 10.1. The zero-order chi connectivity index (χ0) is 18.6. The second-order valence-corrected chi connectivity index (χ2v) is 7.12. The number of carbonyl (C=O) groups excluding carboxylic acids is 1. The molecule has 134 valence electrons. The Morgan fingerprint density at radius 3 is 2.60 bits per heavy atom. The number of aliphatic carboxylic acids is 1. The van der Waals surface area contributed by atoms with E-state index in [4.69, 9.17) is 5.11 Å². The Kier molecular flexibility index (Phi) is 5.55. The van der Waals surface area contributed by atoms with Gasteiger partial charge >= 0.3 is 5.97 Å². The van der Waals surface area contributed by atoms with Gasteiger partial charge in [0.2, 0.25) is 15.9 Å². The maximum atomic E-state index is 12.3. The van der Waals surface area contributed by atoms with Crippen LogP contribution in [-0.4, -0.2) is 41.2 Å². The van der Waals surface area contributed by atoms with E-state index in [1.807, 2.05) is 0 Å². The second-order valence-electron chi connectivity index (χ2n) is 5.41. The van der Waals surface area contributed by atoms with E-state index in [0.717, 1.165) is 0 Å². The number of nitrogens with one attached hydrogen (secondary N) is 2. The summed E-state index contributed by atoms with van der Waals surface area (Å²) >= 11 is 0. The molecule has 2 rings (SSSR count). The highest BCUT2D eigenvalue weighted by Gasteiger charge is 2.23. The number of rotatable bonds is 7. The van der Waals surface area contributed by atoms with E-state index >= 15 is 0 Å². The van der Waals surface area contributed by atoms with Crippen molar-refractivity contribution in [2.45, 2.75) is 24.3 Å². The molecule has 1 heterocycles. The van der Waals surface area contributed by atoms with Gasteiger partial charge in [0.1, 0.15) is 4.90 Å². The third kappa shape index (κ3) is 4.88. The molecule has 25 heavy (non-hydrogen) atoms. The lowest BCUT2D eigenvalue weighted by Crippen LogP contribution is -2.41. The number of hydrogen-bond donors (Lipinski definition) is 3. The number of carbonyl (C=O) groups is 2. The zero-order valence-corrected chi connectivity index (χ0v) is 14.4. The molecule has 0 saturated carbocycles. The molecule has 0 aliphatic heterocycles. The van der Waals surface area contributed by atoms with Gasteiger partial charge in [-0.2, -0.15) is 9.82 Å². The Hall–Kier alpha value is -2.72. The molecule has 1 atom stereocenters. The van der Waals surface area contributed by atoms with Gasteiger partial charge in [-0.15, -0.1) is 0 Å². The molecule has 3 N–H and O–H groups in total. The highest BCUT2D eigenvalue weighted by molar-refractivity contribution is 7.89. The summed E-state index contributed by atoms with van der Waals surface area (Å²) in [5, 5.41) is 15.2. The molecule has 9 nitrogen and oxygen atoms in total. The Balaban J connectivity index is 2.10. The van der Waals surface area contributed by atoms with Gasteiger partial charge < -0.3 is 10.4 Å². The Morgan fingerprint density at radius 2 is 2.00 bits per heavy atom. The van der Waals surface area contributed by atoms with Crippen LogP contribution < -0.4 is 10.0 Å². The van der Waals surface area contributed by atoms with Gasteiger partial charge in [-0.1, -0.05) is 18.2 Å². The molecule has 10 heteroatoms. The summed E-state index contributed by atoms with van der Waals surface area (Å²) in [6.45, 7) is 1.39. The van der Waals surface area contributed by atoms with Crippen LogP contribution in [0.25, 0.3) is 0 Å². The maximum absolute atomic E-state index is 12.3. The van der Waals surface area contributed by atoms with Crippen LogP contribution in [0.1, 0.15) is 12.5 Å². The average molecular weight is 366 g/mol. The maximum Gasteiger partial charge on any atom is 0.307 e. The van der Waals surface area contributed by atoms with Gasteiger partial charge in [-0.3, -0.25) is 14.3 Å². The average Bonchev–Trinajstić information content (AvgIpc) is 2.95. The molecule has 0 aliphatic carbocycles. The van der Waals surface area contributed by atoms with Gasteiger partial charge in [0.25, 0.3) is 0 Å². The van der Waals surface area contributed by atoms with E-state index in [2.05, 4.69) is 15.1 Å². The van der Waals surface area contributed by atoms with Crippen molar-refractivity contribution in [3.05, 3.63) is 42.2 Å². The lowest BCUT2D eigenvalue weighted by Gasteiger charge is -2.15. The molecule has 2 aromatic rings. The van der Waals surface area contributed by atoms with Crippen molar-refractivity contribution in [1.29, 1.82) is 0 Å². The van der Waals surface area contributed by atoms with Crippen LogP contribution in [0.15, 0.2) is 41.6 Å². The smallest absolute Gasteiger partial charge is 0.307 e. The zero-order valence-electron chi connectivity index (χ0n) is 13.6. The van der Waals surface area contributed by atoms with Gasteiger partial charge in [0.15, 0.2) is 0 Å². The number of aryl methyl sites for hydroxylation is 1. The molecule has 1 aromatic carbocycles. The molecule has 0 spiro atoms. The summed E-state index contributed by atoms with van der Waals surface area (Å²) in [6.07, 6.45) is 2.23. The highest BCUT2D eigenvalue weighted by atomic mass is 32.2. The minimum Gasteiger partial charge on any atom is -0.481 e. The Labute approximate surface area is 144 Å². The van der Waals surface area contributed by atoms with E-state index in [-0.39, 0.29) is 11.3 Å². The predicted octanol–water partition coefficient (Wildman–Crippen LogP) is 0.353. The Bertz CT molecular complexity index is 891. The first-order chi connectivity index (χ1) is 11.7.